The fourth-order valence-electron chi connectivity index (χ4n) is 1.69. The van der Waals surface area contributed by atoms with E-state index in [0.717, 1.165) is 17.0 Å². The van der Waals surface area contributed by atoms with Crippen LogP contribution in [0.25, 0.3) is 0 Å². The molecule has 7 heteroatoms. The number of hydrogen-bond donors (Lipinski definition) is 2. The van der Waals surface area contributed by atoms with E-state index in [1.807, 2.05) is 25.6 Å². The molecule has 96 valence electrons. The lowest BCUT2D eigenvalue weighted by molar-refractivity contribution is 0.0691. The van der Waals surface area contributed by atoms with Gasteiger partial charge in [-0.2, -0.15) is 5.10 Å². The van der Waals surface area contributed by atoms with Gasteiger partial charge in [0.25, 0.3) is 0 Å². The number of hydrogen-bond acceptors (Lipinski definition) is 5. The van der Waals surface area contributed by atoms with E-state index >= 15 is 0 Å². The standard InChI is InChI=1S/C11H14N4O2S/c1-6-8(7(2)15(3)14-6)4-12-11-13-9(5-18-11)10(16)17/h5H,4H2,1-3H3,(H,12,13)(H,16,17). The molecule has 0 aliphatic rings. The van der Waals surface area contributed by atoms with Crippen molar-refractivity contribution in [3.63, 3.8) is 0 Å². The number of carboxylic acids is 1. The average molecular weight is 266 g/mol. The van der Waals surface area contributed by atoms with E-state index in [4.69, 9.17) is 5.11 Å². The third-order valence-corrected chi connectivity index (χ3v) is 3.60. The minimum Gasteiger partial charge on any atom is -0.476 e. The number of nitrogens with one attached hydrogen (secondary N) is 1. The van der Waals surface area contributed by atoms with E-state index < -0.39 is 5.97 Å². The molecule has 0 atom stereocenters. The SMILES string of the molecule is Cc1nn(C)c(C)c1CNc1nc(C(=O)O)cs1. The summed E-state index contributed by atoms with van der Waals surface area (Å²) in [5.41, 5.74) is 3.25. The lowest BCUT2D eigenvalue weighted by Crippen LogP contribution is -2.03. The average Bonchev–Trinajstić information content (AvgIpc) is 2.85. The number of aryl methyl sites for hydroxylation is 2. The smallest absolute Gasteiger partial charge is 0.355 e. The van der Waals surface area contributed by atoms with Crippen molar-refractivity contribution in [3.05, 3.63) is 28.0 Å². The molecule has 0 aliphatic carbocycles. The highest BCUT2D eigenvalue weighted by Gasteiger charge is 2.11. The first kappa shape index (κ1) is 12.6. The van der Waals surface area contributed by atoms with Gasteiger partial charge in [-0.15, -0.1) is 11.3 Å². The molecular formula is C11H14N4O2S. The first-order valence-corrected chi connectivity index (χ1v) is 6.28. The Morgan fingerprint density at radius 3 is 2.78 bits per heavy atom. The largest absolute Gasteiger partial charge is 0.476 e. The highest BCUT2D eigenvalue weighted by molar-refractivity contribution is 7.13. The van der Waals surface area contributed by atoms with Crippen molar-refractivity contribution < 1.29 is 9.90 Å². The van der Waals surface area contributed by atoms with Crippen molar-refractivity contribution >= 4 is 22.4 Å². The molecular weight excluding hydrogens is 252 g/mol. The molecule has 2 aromatic heterocycles. The summed E-state index contributed by atoms with van der Waals surface area (Å²) in [5, 5.41) is 18.3. The van der Waals surface area contributed by atoms with Crippen LogP contribution >= 0.6 is 11.3 Å². The predicted octanol–water partition coefficient (Wildman–Crippen LogP) is 1.80. The molecule has 2 rings (SSSR count). The van der Waals surface area contributed by atoms with Crippen LogP contribution in [0, 0.1) is 13.8 Å². The van der Waals surface area contributed by atoms with Gasteiger partial charge >= 0.3 is 5.97 Å². The third-order valence-electron chi connectivity index (χ3n) is 2.80. The summed E-state index contributed by atoms with van der Waals surface area (Å²) >= 11 is 1.29. The second-order valence-electron chi connectivity index (χ2n) is 3.97. The first-order valence-electron chi connectivity index (χ1n) is 5.40. The summed E-state index contributed by atoms with van der Waals surface area (Å²) in [6.45, 7) is 4.55. The molecule has 6 nitrogen and oxygen atoms in total. The molecule has 2 N–H and O–H groups in total. The van der Waals surface area contributed by atoms with Gasteiger partial charge in [0.2, 0.25) is 0 Å². The van der Waals surface area contributed by atoms with Crippen LogP contribution in [0.1, 0.15) is 27.4 Å². The molecule has 0 unspecified atom stereocenters. The highest BCUT2D eigenvalue weighted by Crippen LogP contribution is 2.18. The molecule has 0 radical (unpaired) electrons. The minimum atomic E-state index is -1.01. The van der Waals surface area contributed by atoms with Crippen LogP contribution in [-0.2, 0) is 13.6 Å². The molecule has 0 aromatic carbocycles. The number of thiazole rings is 1. The van der Waals surface area contributed by atoms with E-state index in [0.29, 0.717) is 11.7 Å². The first-order chi connectivity index (χ1) is 8.49. The van der Waals surface area contributed by atoms with E-state index in [-0.39, 0.29) is 5.69 Å². The van der Waals surface area contributed by atoms with Crippen molar-refractivity contribution in [1.82, 2.24) is 14.8 Å². The predicted molar refractivity (Wildman–Crippen MR) is 69.1 cm³/mol. The Morgan fingerprint density at radius 1 is 1.56 bits per heavy atom. The summed E-state index contributed by atoms with van der Waals surface area (Å²) in [5.74, 6) is -1.01. The fraction of sp³-hybridized carbons (Fsp3) is 0.364. The van der Waals surface area contributed by atoms with Crippen LogP contribution in [0.15, 0.2) is 5.38 Å². The molecule has 2 aromatic rings. The van der Waals surface area contributed by atoms with Gasteiger partial charge < -0.3 is 10.4 Å². The Balaban J connectivity index is 2.09. The zero-order valence-corrected chi connectivity index (χ0v) is 11.2. The third kappa shape index (κ3) is 2.35. The molecule has 2 heterocycles. The van der Waals surface area contributed by atoms with Crippen molar-refractivity contribution in [2.45, 2.75) is 20.4 Å². The van der Waals surface area contributed by atoms with Gasteiger partial charge in [0, 0.05) is 30.2 Å². The lowest BCUT2D eigenvalue weighted by atomic mass is 10.2. The van der Waals surface area contributed by atoms with Crippen LogP contribution in [0.4, 0.5) is 5.13 Å². The topological polar surface area (TPSA) is 80.0 Å². The van der Waals surface area contributed by atoms with E-state index in [9.17, 15) is 4.79 Å². The number of nitrogens with zero attached hydrogens (tertiary/aromatic N) is 3. The summed E-state index contributed by atoms with van der Waals surface area (Å²) in [4.78, 5) is 14.7. The zero-order valence-electron chi connectivity index (χ0n) is 10.4. The van der Waals surface area contributed by atoms with Gasteiger partial charge in [0.05, 0.1) is 5.69 Å². The van der Waals surface area contributed by atoms with E-state index in [1.54, 1.807) is 0 Å². The Kier molecular flexibility index (Phi) is 3.33. The number of anilines is 1. The molecule has 0 saturated carbocycles. The fourth-order valence-corrected chi connectivity index (χ4v) is 2.37. The van der Waals surface area contributed by atoms with E-state index in [1.165, 1.54) is 16.7 Å². The Bertz CT molecular complexity index is 588. The maximum atomic E-state index is 10.7. The summed E-state index contributed by atoms with van der Waals surface area (Å²) in [6, 6.07) is 0. The molecule has 0 fully saturated rings. The van der Waals surface area contributed by atoms with Gasteiger partial charge in [-0.25, -0.2) is 9.78 Å². The molecule has 0 aliphatic heterocycles. The maximum Gasteiger partial charge on any atom is 0.355 e. The summed E-state index contributed by atoms with van der Waals surface area (Å²) in [7, 11) is 1.90. The van der Waals surface area contributed by atoms with Gasteiger partial charge in [-0.3, -0.25) is 4.68 Å². The number of carboxylic acid groups (broad SMARTS) is 1. The van der Waals surface area contributed by atoms with Crippen LogP contribution in [0.5, 0.6) is 0 Å². The van der Waals surface area contributed by atoms with Crippen LogP contribution in [0.2, 0.25) is 0 Å². The normalized spacial score (nSPS) is 10.6. The number of aromatic carboxylic acids is 1. The molecule has 0 bridgehead atoms. The summed E-state index contributed by atoms with van der Waals surface area (Å²) < 4.78 is 1.83. The van der Waals surface area contributed by atoms with Crippen LogP contribution < -0.4 is 5.32 Å². The lowest BCUT2D eigenvalue weighted by Gasteiger charge is -2.03. The Hall–Kier alpha value is -1.89. The quantitative estimate of drug-likeness (QED) is 0.882. The number of rotatable bonds is 4. The Morgan fingerprint density at radius 2 is 2.28 bits per heavy atom. The highest BCUT2D eigenvalue weighted by atomic mass is 32.1. The monoisotopic (exact) mass is 266 g/mol. The van der Waals surface area contributed by atoms with E-state index in [2.05, 4.69) is 15.4 Å². The van der Waals surface area contributed by atoms with Gasteiger partial charge in [0.15, 0.2) is 10.8 Å². The van der Waals surface area contributed by atoms with Gasteiger partial charge in [-0.1, -0.05) is 0 Å². The van der Waals surface area contributed by atoms with Crippen molar-refractivity contribution in [3.8, 4) is 0 Å². The second kappa shape index (κ2) is 4.77. The van der Waals surface area contributed by atoms with Crippen LogP contribution in [0.3, 0.4) is 0 Å². The second-order valence-corrected chi connectivity index (χ2v) is 4.83. The molecule has 0 amide bonds. The van der Waals surface area contributed by atoms with Crippen molar-refractivity contribution in [1.29, 1.82) is 0 Å². The van der Waals surface area contributed by atoms with Crippen molar-refractivity contribution in [2.75, 3.05) is 5.32 Å². The van der Waals surface area contributed by atoms with Crippen LogP contribution in [-0.4, -0.2) is 25.8 Å². The Labute approximate surface area is 108 Å². The minimum absolute atomic E-state index is 0.0714. The van der Waals surface area contributed by atoms with Gasteiger partial charge in [-0.05, 0) is 13.8 Å². The van der Waals surface area contributed by atoms with Crippen molar-refractivity contribution in [2.24, 2.45) is 7.05 Å². The summed E-state index contributed by atoms with van der Waals surface area (Å²) in [6.07, 6.45) is 0. The molecule has 18 heavy (non-hydrogen) atoms. The maximum absolute atomic E-state index is 10.7. The number of aromatic nitrogens is 3. The van der Waals surface area contributed by atoms with Gasteiger partial charge in [0.1, 0.15) is 0 Å². The number of carbonyl (C=O) groups is 1. The zero-order chi connectivity index (χ0) is 13.3. The molecule has 0 spiro atoms. The molecule has 0 saturated heterocycles.